The Bertz CT molecular complexity index is 599. The van der Waals surface area contributed by atoms with Gasteiger partial charge in [-0.2, -0.15) is 0 Å². The first-order valence-corrected chi connectivity index (χ1v) is 7.53. The van der Waals surface area contributed by atoms with Crippen LogP contribution in [0.25, 0.3) is 11.0 Å². The standard InChI is InChI=1S/C16H19ClO3/c1-2-19-16(7-3-4-8-16)15(18)14-10-11-9-12(17)5-6-13(11)20-14/h5-6,9-10,15,18H,2-4,7-8H2,1H3. The van der Waals surface area contributed by atoms with Crippen molar-refractivity contribution in [3.8, 4) is 0 Å². The molecule has 0 spiro atoms. The van der Waals surface area contributed by atoms with Crippen molar-refractivity contribution in [1.29, 1.82) is 0 Å². The second kappa shape index (κ2) is 5.40. The Kier molecular flexibility index (Phi) is 3.76. The zero-order valence-corrected chi connectivity index (χ0v) is 12.3. The van der Waals surface area contributed by atoms with Crippen molar-refractivity contribution in [1.82, 2.24) is 0 Å². The van der Waals surface area contributed by atoms with Crippen LogP contribution >= 0.6 is 11.6 Å². The molecule has 1 aliphatic rings. The van der Waals surface area contributed by atoms with E-state index in [1.54, 1.807) is 6.07 Å². The topological polar surface area (TPSA) is 42.6 Å². The Morgan fingerprint density at radius 2 is 2.10 bits per heavy atom. The van der Waals surface area contributed by atoms with Gasteiger partial charge in [0.1, 0.15) is 23.0 Å². The third kappa shape index (κ3) is 2.34. The maximum Gasteiger partial charge on any atom is 0.140 e. The lowest BCUT2D eigenvalue weighted by Gasteiger charge is -2.32. The summed E-state index contributed by atoms with van der Waals surface area (Å²) in [6.45, 7) is 2.56. The number of benzene rings is 1. The molecule has 1 atom stereocenters. The molecular weight excluding hydrogens is 276 g/mol. The van der Waals surface area contributed by atoms with Gasteiger partial charge in [-0.15, -0.1) is 0 Å². The molecule has 0 amide bonds. The van der Waals surface area contributed by atoms with E-state index in [1.165, 1.54) is 0 Å². The van der Waals surface area contributed by atoms with E-state index in [-0.39, 0.29) is 0 Å². The molecular formula is C16H19ClO3. The summed E-state index contributed by atoms with van der Waals surface area (Å²) in [4.78, 5) is 0. The van der Waals surface area contributed by atoms with Crippen LogP contribution in [-0.2, 0) is 4.74 Å². The lowest BCUT2D eigenvalue weighted by molar-refractivity contribution is -0.124. The van der Waals surface area contributed by atoms with Crippen molar-refractivity contribution in [2.75, 3.05) is 6.61 Å². The molecule has 1 aromatic carbocycles. The lowest BCUT2D eigenvalue weighted by atomic mass is 9.92. The van der Waals surface area contributed by atoms with Gasteiger partial charge in [-0.1, -0.05) is 24.4 Å². The second-order valence-corrected chi connectivity index (χ2v) is 5.87. The van der Waals surface area contributed by atoms with Gasteiger partial charge in [-0.25, -0.2) is 0 Å². The summed E-state index contributed by atoms with van der Waals surface area (Å²) in [5.41, 5.74) is 0.250. The minimum Gasteiger partial charge on any atom is -0.458 e. The number of ether oxygens (including phenoxy) is 1. The Labute approximate surface area is 123 Å². The molecule has 4 heteroatoms. The van der Waals surface area contributed by atoms with E-state index < -0.39 is 11.7 Å². The SMILES string of the molecule is CCOC1(C(O)c2cc3cc(Cl)ccc3o2)CCCC1. The number of rotatable bonds is 4. The minimum absolute atomic E-state index is 0.494. The Balaban J connectivity index is 1.96. The third-order valence-corrected chi connectivity index (χ3v) is 4.38. The number of aliphatic hydroxyl groups is 1. The van der Waals surface area contributed by atoms with Gasteiger partial charge in [-0.05, 0) is 44.0 Å². The second-order valence-electron chi connectivity index (χ2n) is 5.44. The predicted molar refractivity (Wildman–Crippen MR) is 79.0 cm³/mol. The summed E-state index contributed by atoms with van der Waals surface area (Å²) in [6, 6.07) is 7.33. The zero-order chi connectivity index (χ0) is 14.2. The number of hydrogen-bond acceptors (Lipinski definition) is 3. The van der Waals surface area contributed by atoms with Gasteiger partial charge in [0.15, 0.2) is 0 Å². The number of furan rings is 1. The first-order valence-electron chi connectivity index (χ1n) is 7.16. The van der Waals surface area contributed by atoms with Gasteiger partial charge in [0.25, 0.3) is 0 Å². The van der Waals surface area contributed by atoms with Crippen molar-refractivity contribution >= 4 is 22.6 Å². The number of fused-ring (bicyclic) bond motifs is 1. The molecule has 1 aliphatic carbocycles. The van der Waals surface area contributed by atoms with Crippen LogP contribution in [-0.4, -0.2) is 17.3 Å². The molecule has 1 aromatic heterocycles. The van der Waals surface area contributed by atoms with Crippen molar-refractivity contribution in [2.24, 2.45) is 0 Å². The molecule has 1 saturated carbocycles. The Morgan fingerprint density at radius 1 is 1.35 bits per heavy atom. The number of halogens is 1. The molecule has 0 saturated heterocycles. The molecule has 2 aromatic rings. The monoisotopic (exact) mass is 294 g/mol. The normalized spacial score (nSPS) is 19.6. The van der Waals surface area contributed by atoms with Crippen molar-refractivity contribution < 1.29 is 14.3 Å². The van der Waals surface area contributed by atoms with Crippen LogP contribution in [0.4, 0.5) is 0 Å². The third-order valence-electron chi connectivity index (χ3n) is 4.15. The Hall–Kier alpha value is -1.03. The van der Waals surface area contributed by atoms with E-state index in [0.29, 0.717) is 17.4 Å². The zero-order valence-electron chi connectivity index (χ0n) is 11.6. The van der Waals surface area contributed by atoms with Crippen LogP contribution < -0.4 is 0 Å². The van der Waals surface area contributed by atoms with Gasteiger partial charge in [0, 0.05) is 17.0 Å². The number of hydrogen-bond donors (Lipinski definition) is 1. The van der Waals surface area contributed by atoms with Crippen LogP contribution in [0.2, 0.25) is 5.02 Å². The van der Waals surface area contributed by atoms with Gasteiger partial charge in [-0.3, -0.25) is 0 Å². The molecule has 0 bridgehead atoms. The molecule has 0 radical (unpaired) electrons. The van der Waals surface area contributed by atoms with Crippen LogP contribution in [0, 0.1) is 0 Å². The van der Waals surface area contributed by atoms with E-state index in [2.05, 4.69) is 0 Å². The maximum absolute atomic E-state index is 10.7. The highest BCUT2D eigenvalue weighted by molar-refractivity contribution is 6.31. The first-order chi connectivity index (χ1) is 9.64. The van der Waals surface area contributed by atoms with Gasteiger partial charge >= 0.3 is 0 Å². The fourth-order valence-corrected chi connectivity index (χ4v) is 3.37. The maximum atomic E-state index is 10.7. The smallest absolute Gasteiger partial charge is 0.140 e. The van der Waals surface area contributed by atoms with E-state index in [0.717, 1.165) is 36.7 Å². The highest BCUT2D eigenvalue weighted by atomic mass is 35.5. The van der Waals surface area contributed by atoms with E-state index in [1.807, 2.05) is 25.1 Å². The van der Waals surface area contributed by atoms with Crippen LogP contribution in [0.5, 0.6) is 0 Å². The fraction of sp³-hybridized carbons (Fsp3) is 0.500. The molecule has 0 aliphatic heterocycles. The molecule has 1 fully saturated rings. The van der Waals surface area contributed by atoms with Crippen LogP contribution in [0.1, 0.15) is 44.5 Å². The van der Waals surface area contributed by atoms with Gasteiger partial charge in [0.2, 0.25) is 0 Å². The minimum atomic E-state index is -0.726. The molecule has 1 unspecified atom stereocenters. The average molecular weight is 295 g/mol. The summed E-state index contributed by atoms with van der Waals surface area (Å²) in [6.07, 6.45) is 3.20. The quantitative estimate of drug-likeness (QED) is 0.904. The number of aliphatic hydroxyl groups excluding tert-OH is 1. The summed E-state index contributed by atoms with van der Waals surface area (Å²) < 4.78 is 11.7. The highest BCUT2D eigenvalue weighted by Gasteiger charge is 2.43. The Morgan fingerprint density at radius 3 is 2.80 bits per heavy atom. The fourth-order valence-electron chi connectivity index (χ4n) is 3.19. The highest BCUT2D eigenvalue weighted by Crippen LogP contribution is 2.44. The molecule has 1 heterocycles. The van der Waals surface area contributed by atoms with Crippen LogP contribution in [0.15, 0.2) is 28.7 Å². The van der Waals surface area contributed by atoms with Crippen LogP contribution in [0.3, 0.4) is 0 Å². The molecule has 1 N–H and O–H groups in total. The van der Waals surface area contributed by atoms with Gasteiger partial charge in [0.05, 0.1) is 0 Å². The predicted octanol–water partition coefficient (Wildman–Crippen LogP) is 4.47. The molecule has 3 rings (SSSR count). The summed E-state index contributed by atoms with van der Waals surface area (Å²) >= 11 is 5.98. The molecule has 20 heavy (non-hydrogen) atoms. The molecule has 3 nitrogen and oxygen atoms in total. The van der Waals surface area contributed by atoms with Crippen molar-refractivity contribution in [3.63, 3.8) is 0 Å². The molecule has 108 valence electrons. The van der Waals surface area contributed by atoms with E-state index in [9.17, 15) is 5.11 Å². The largest absolute Gasteiger partial charge is 0.458 e. The summed E-state index contributed by atoms with van der Waals surface area (Å²) in [5.74, 6) is 0.567. The van der Waals surface area contributed by atoms with Gasteiger partial charge < -0.3 is 14.3 Å². The lowest BCUT2D eigenvalue weighted by Crippen LogP contribution is -2.36. The van der Waals surface area contributed by atoms with Crippen molar-refractivity contribution in [3.05, 3.63) is 35.0 Å². The summed E-state index contributed by atoms with van der Waals surface area (Å²) in [7, 11) is 0. The van der Waals surface area contributed by atoms with Crippen molar-refractivity contribution in [2.45, 2.75) is 44.3 Å². The average Bonchev–Trinajstić information content (AvgIpc) is 3.05. The summed E-state index contributed by atoms with van der Waals surface area (Å²) in [5, 5.41) is 12.3. The van der Waals surface area contributed by atoms with E-state index >= 15 is 0 Å². The first kappa shape index (κ1) is 13.9. The van der Waals surface area contributed by atoms with E-state index in [4.69, 9.17) is 20.8 Å².